The number of carbonyl (C=O) groups is 2. The topological polar surface area (TPSA) is 112 Å². The lowest BCUT2D eigenvalue weighted by atomic mass is 9.98. The number of aromatic nitrogens is 2. The van der Waals surface area contributed by atoms with Crippen LogP contribution in [0.3, 0.4) is 0 Å². The molecule has 1 aliphatic rings. The molecule has 2 atom stereocenters. The van der Waals surface area contributed by atoms with Crippen LogP contribution >= 0.6 is 11.6 Å². The maximum Gasteiger partial charge on any atom is 0.407 e. The number of amides is 2. The van der Waals surface area contributed by atoms with Gasteiger partial charge in [-0.15, -0.1) is 0 Å². The van der Waals surface area contributed by atoms with Gasteiger partial charge in [0, 0.05) is 12.5 Å². The second kappa shape index (κ2) is 12.1. The van der Waals surface area contributed by atoms with Gasteiger partial charge in [-0.25, -0.2) is 14.6 Å². The smallest absolute Gasteiger partial charge is 0.407 e. The van der Waals surface area contributed by atoms with E-state index in [2.05, 4.69) is 34.9 Å². The van der Waals surface area contributed by atoms with Gasteiger partial charge in [0.2, 0.25) is 0 Å². The maximum absolute atomic E-state index is 13.8. The number of hydrogen-bond donors (Lipinski definition) is 2. The first-order valence-electron chi connectivity index (χ1n) is 14.2. The van der Waals surface area contributed by atoms with E-state index < -0.39 is 29.9 Å². The van der Waals surface area contributed by atoms with Crippen molar-refractivity contribution >= 4 is 34.7 Å². The summed E-state index contributed by atoms with van der Waals surface area (Å²) in [5.74, 6) is 0.207. The van der Waals surface area contributed by atoms with Gasteiger partial charge in [-0.1, -0.05) is 66.2 Å². The lowest BCUT2D eigenvalue weighted by Crippen LogP contribution is -2.40. The normalized spacial score (nSPS) is 14.0. The standard InChI is InChI=1S/C33H35ClN4O5/c1-19(17-35-31(40)43-33(3,4)5)38-29(37-27-16-10-15-26(34)28(27)30(38)39)20(2)36-32(41)42-18-25-23-13-8-6-11-21(23)22-12-7-9-14-24(22)25/h6-16,19-20,25H,17-18H2,1-5H3,(H,35,40)(H,36,41)/t19?,20-/m0/s1. The van der Waals surface area contributed by atoms with Crippen LogP contribution in [0.5, 0.6) is 0 Å². The van der Waals surface area contributed by atoms with E-state index in [1.807, 2.05) is 24.3 Å². The minimum Gasteiger partial charge on any atom is -0.449 e. The van der Waals surface area contributed by atoms with Crippen LogP contribution in [0.25, 0.3) is 22.0 Å². The van der Waals surface area contributed by atoms with Crippen molar-refractivity contribution in [2.24, 2.45) is 0 Å². The molecule has 224 valence electrons. The average molecular weight is 603 g/mol. The first-order chi connectivity index (χ1) is 20.4. The van der Waals surface area contributed by atoms with Gasteiger partial charge in [-0.05, 0) is 69.0 Å². The highest BCUT2D eigenvalue weighted by Gasteiger charge is 2.30. The average Bonchev–Trinajstić information content (AvgIpc) is 3.27. The van der Waals surface area contributed by atoms with E-state index >= 15 is 0 Å². The number of ether oxygens (including phenoxy) is 2. The Kier molecular flexibility index (Phi) is 8.46. The zero-order chi connectivity index (χ0) is 30.9. The van der Waals surface area contributed by atoms with Crippen LogP contribution < -0.4 is 16.2 Å². The van der Waals surface area contributed by atoms with Crippen molar-refractivity contribution in [2.45, 2.75) is 58.2 Å². The number of rotatable bonds is 7. The molecule has 4 aromatic rings. The molecule has 2 N–H and O–H groups in total. The van der Waals surface area contributed by atoms with Crippen LogP contribution in [-0.4, -0.2) is 40.5 Å². The molecule has 1 aliphatic carbocycles. The summed E-state index contributed by atoms with van der Waals surface area (Å²) in [6.45, 7) is 9.03. The van der Waals surface area contributed by atoms with Crippen molar-refractivity contribution in [3.63, 3.8) is 0 Å². The van der Waals surface area contributed by atoms with Crippen molar-refractivity contribution in [3.8, 4) is 11.1 Å². The van der Waals surface area contributed by atoms with E-state index in [0.717, 1.165) is 22.3 Å². The Labute approximate surface area is 255 Å². The summed E-state index contributed by atoms with van der Waals surface area (Å²) in [6.07, 6.45) is -1.24. The van der Waals surface area contributed by atoms with Crippen LogP contribution in [-0.2, 0) is 9.47 Å². The molecule has 1 aromatic heterocycles. The van der Waals surface area contributed by atoms with Gasteiger partial charge in [0.15, 0.2) is 0 Å². The fourth-order valence-corrected chi connectivity index (χ4v) is 5.72. The second-order valence-electron chi connectivity index (χ2n) is 11.7. The molecule has 0 saturated heterocycles. The minimum atomic E-state index is -0.712. The van der Waals surface area contributed by atoms with Crippen LogP contribution in [0.4, 0.5) is 9.59 Å². The minimum absolute atomic E-state index is 0.0805. The highest BCUT2D eigenvalue weighted by Crippen LogP contribution is 2.44. The van der Waals surface area contributed by atoms with Gasteiger partial charge in [0.25, 0.3) is 5.56 Å². The third-order valence-electron chi connectivity index (χ3n) is 7.35. The van der Waals surface area contributed by atoms with Gasteiger partial charge in [-0.2, -0.15) is 0 Å². The number of hydrogen-bond acceptors (Lipinski definition) is 6. The SMILES string of the molecule is CC(CNC(=O)OC(C)(C)C)n1c([C@H](C)NC(=O)OCC2c3ccccc3-c3ccccc32)nc2cccc(Cl)c2c1=O. The van der Waals surface area contributed by atoms with E-state index in [4.69, 9.17) is 26.1 Å². The van der Waals surface area contributed by atoms with E-state index in [1.54, 1.807) is 52.8 Å². The van der Waals surface area contributed by atoms with Crippen molar-refractivity contribution in [1.29, 1.82) is 0 Å². The summed E-state index contributed by atoms with van der Waals surface area (Å²) < 4.78 is 12.5. The van der Waals surface area contributed by atoms with Crippen LogP contribution in [0, 0.1) is 0 Å². The van der Waals surface area contributed by atoms with Crippen LogP contribution in [0.1, 0.15) is 69.6 Å². The molecule has 0 aliphatic heterocycles. The first-order valence-corrected chi connectivity index (χ1v) is 14.6. The van der Waals surface area contributed by atoms with Gasteiger partial charge < -0.3 is 20.1 Å². The molecule has 0 fully saturated rings. The predicted molar refractivity (Wildman–Crippen MR) is 167 cm³/mol. The quantitative estimate of drug-likeness (QED) is 0.242. The molecule has 1 heterocycles. The molecule has 0 spiro atoms. The Balaban J connectivity index is 1.36. The molecule has 0 radical (unpaired) electrons. The van der Waals surface area contributed by atoms with Gasteiger partial charge >= 0.3 is 12.2 Å². The van der Waals surface area contributed by atoms with E-state index in [0.29, 0.717) is 11.3 Å². The van der Waals surface area contributed by atoms with Crippen LogP contribution in [0.2, 0.25) is 5.02 Å². The summed E-state index contributed by atoms with van der Waals surface area (Å²) in [7, 11) is 0. The van der Waals surface area contributed by atoms with Crippen molar-refractivity contribution in [1.82, 2.24) is 20.2 Å². The monoisotopic (exact) mass is 602 g/mol. The summed E-state index contributed by atoms with van der Waals surface area (Å²) in [6, 6.07) is 20.0. The molecular weight excluding hydrogens is 568 g/mol. The number of halogens is 1. The predicted octanol–water partition coefficient (Wildman–Crippen LogP) is 6.74. The van der Waals surface area contributed by atoms with Crippen molar-refractivity contribution in [3.05, 3.63) is 99.1 Å². The lowest BCUT2D eigenvalue weighted by Gasteiger charge is -2.25. The Morgan fingerprint density at radius 3 is 2.21 bits per heavy atom. The third-order valence-corrected chi connectivity index (χ3v) is 7.67. The molecule has 5 rings (SSSR count). The molecule has 10 heteroatoms. The number of nitrogens with one attached hydrogen (secondary N) is 2. The fraction of sp³-hybridized carbons (Fsp3) is 0.333. The summed E-state index contributed by atoms with van der Waals surface area (Å²) in [4.78, 5) is 43.9. The Morgan fingerprint density at radius 2 is 1.58 bits per heavy atom. The third kappa shape index (κ3) is 6.37. The number of benzene rings is 3. The largest absolute Gasteiger partial charge is 0.449 e. The second-order valence-corrected chi connectivity index (χ2v) is 12.1. The Hall–Kier alpha value is -4.37. The van der Waals surface area contributed by atoms with Crippen LogP contribution in [0.15, 0.2) is 71.5 Å². The zero-order valence-corrected chi connectivity index (χ0v) is 25.6. The number of nitrogens with zero attached hydrogens (tertiary/aromatic N) is 2. The number of carbonyl (C=O) groups excluding carboxylic acids is 2. The highest BCUT2D eigenvalue weighted by molar-refractivity contribution is 6.35. The van der Waals surface area contributed by atoms with Crippen molar-refractivity contribution in [2.75, 3.05) is 13.2 Å². The zero-order valence-electron chi connectivity index (χ0n) is 24.8. The molecule has 43 heavy (non-hydrogen) atoms. The molecule has 0 saturated carbocycles. The van der Waals surface area contributed by atoms with Crippen molar-refractivity contribution < 1.29 is 19.1 Å². The number of alkyl carbamates (subject to hydrolysis) is 2. The summed E-state index contributed by atoms with van der Waals surface area (Å²) in [5.41, 5.74) is 3.84. The van der Waals surface area contributed by atoms with Gasteiger partial charge in [0.1, 0.15) is 18.0 Å². The fourth-order valence-electron chi connectivity index (χ4n) is 5.47. The molecule has 0 bridgehead atoms. The molecular formula is C33H35ClN4O5. The first kappa shape index (κ1) is 30.1. The Bertz CT molecular complexity index is 1700. The molecule has 9 nitrogen and oxygen atoms in total. The maximum atomic E-state index is 13.8. The van der Waals surface area contributed by atoms with E-state index in [1.165, 1.54) is 4.57 Å². The lowest BCUT2D eigenvalue weighted by molar-refractivity contribution is 0.0520. The highest BCUT2D eigenvalue weighted by atomic mass is 35.5. The van der Waals surface area contributed by atoms with Gasteiger partial charge in [0.05, 0.1) is 28.0 Å². The summed E-state index contributed by atoms with van der Waals surface area (Å²) in [5, 5.41) is 6.06. The van der Waals surface area contributed by atoms with E-state index in [-0.39, 0.29) is 35.0 Å². The summed E-state index contributed by atoms with van der Waals surface area (Å²) >= 11 is 6.40. The molecule has 1 unspecified atom stereocenters. The molecule has 3 aromatic carbocycles. The van der Waals surface area contributed by atoms with E-state index in [9.17, 15) is 14.4 Å². The Morgan fingerprint density at radius 1 is 0.953 bits per heavy atom. The molecule has 2 amide bonds. The number of fused-ring (bicyclic) bond motifs is 4. The van der Waals surface area contributed by atoms with Gasteiger partial charge in [-0.3, -0.25) is 9.36 Å².